The SMILES string of the molecule is C[C@@H]1[C@@H](c2ccc(Cl)c(Cl)c2)C[C@@H]2CC[C@@]1(C#N)N2C.Cl. The van der Waals surface area contributed by atoms with E-state index in [0.29, 0.717) is 27.9 Å². The summed E-state index contributed by atoms with van der Waals surface area (Å²) < 4.78 is 0. The van der Waals surface area contributed by atoms with Gasteiger partial charge < -0.3 is 0 Å². The monoisotopic (exact) mass is 344 g/mol. The van der Waals surface area contributed by atoms with Crippen LogP contribution >= 0.6 is 35.6 Å². The summed E-state index contributed by atoms with van der Waals surface area (Å²) in [5, 5.41) is 10.9. The smallest absolute Gasteiger partial charge is 0.112 e. The standard InChI is InChI=1S/C16H18Cl2N2.ClH/c1-10-13(11-3-4-14(17)15(18)7-11)8-12-5-6-16(10,9-19)20(12)2;/h3-4,7,10,12-13H,5-6,8H2,1-2H3;1H/t10-,12+,13+,16+;/m1./s1. The number of fused-ring (bicyclic) bond motifs is 2. The Morgan fingerprint density at radius 1 is 1.33 bits per heavy atom. The van der Waals surface area contributed by atoms with E-state index in [1.165, 1.54) is 5.56 Å². The van der Waals surface area contributed by atoms with Gasteiger partial charge in [-0.15, -0.1) is 12.4 Å². The van der Waals surface area contributed by atoms with Crippen molar-refractivity contribution in [1.29, 1.82) is 5.26 Å². The van der Waals surface area contributed by atoms with Crippen LogP contribution in [0, 0.1) is 17.2 Å². The van der Waals surface area contributed by atoms with Crippen LogP contribution in [0.2, 0.25) is 10.0 Å². The number of halogens is 3. The van der Waals surface area contributed by atoms with E-state index < -0.39 is 0 Å². The molecule has 2 saturated heterocycles. The number of nitrogens with zero attached hydrogens (tertiary/aromatic N) is 2. The van der Waals surface area contributed by atoms with Crippen molar-refractivity contribution in [3.8, 4) is 6.07 Å². The van der Waals surface area contributed by atoms with Crippen molar-refractivity contribution < 1.29 is 0 Å². The van der Waals surface area contributed by atoms with Crippen LogP contribution in [-0.2, 0) is 0 Å². The van der Waals surface area contributed by atoms with E-state index in [2.05, 4.69) is 31.0 Å². The highest BCUT2D eigenvalue weighted by molar-refractivity contribution is 6.42. The zero-order valence-electron chi connectivity index (χ0n) is 12.1. The summed E-state index contributed by atoms with van der Waals surface area (Å²) in [6.07, 6.45) is 3.19. The third-order valence-corrected chi connectivity index (χ3v) is 6.22. The lowest BCUT2D eigenvalue weighted by Gasteiger charge is -2.47. The van der Waals surface area contributed by atoms with Gasteiger partial charge in [0.15, 0.2) is 0 Å². The molecule has 0 saturated carbocycles. The maximum absolute atomic E-state index is 9.73. The summed E-state index contributed by atoms with van der Waals surface area (Å²) in [7, 11) is 2.10. The Morgan fingerprint density at radius 3 is 2.67 bits per heavy atom. The molecule has 2 bridgehead atoms. The fourth-order valence-electron chi connectivity index (χ4n) is 4.14. The van der Waals surface area contributed by atoms with Crippen LogP contribution in [0.4, 0.5) is 0 Å². The van der Waals surface area contributed by atoms with Crippen LogP contribution < -0.4 is 0 Å². The van der Waals surface area contributed by atoms with E-state index in [0.717, 1.165) is 19.3 Å². The molecule has 0 spiro atoms. The predicted molar refractivity (Wildman–Crippen MR) is 89.4 cm³/mol. The molecule has 0 aliphatic carbocycles. The molecule has 2 aliphatic heterocycles. The maximum atomic E-state index is 9.73. The van der Waals surface area contributed by atoms with Crippen LogP contribution in [0.5, 0.6) is 0 Å². The Bertz CT molecular complexity index is 583. The van der Waals surface area contributed by atoms with Gasteiger partial charge in [-0.3, -0.25) is 4.90 Å². The Kier molecular flexibility index (Phi) is 4.81. The minimum atomic E-state index is -0.320. The minimum Gasteiger partial charge on any atom is -0.285 e. The molecule has 1 aromatic rings. The average molecular weight is 346 g/mol. The van der Waals surface area contributed by atoms with Crippen molar-refractivity contribution in [3.05, 3.63) is 33.8 Å². The van der Waals surface area contributed by atoms with E-state index in [1.54, 1.807) is 0 Å². The maximum Gasteiger partial charge on any atom is 0.112 e. The highest BCUT2D eigenvalue weighted by atomic mass is 35.5. The van der Waals surface area contributed by atoms with E-state index in [1.807, 2.05) is 12.1 Å². The van der Waals surface area contributed by atoms with Gasteiger partial charge in [-0.1, -0.05) is 36.2 Å². The molecule has 2 heterocycles. The highest BCUT2D eigenvalue weighted by Gasteiger charge is 2.55. The van der Waals surface area contributed by atoms with E-state index in [9.17, 15) is 5.26 Å². The molecule has 2 aliphatic rings. The van der Waals surface area contributed by atoms with E-state index in [4.69, 9.17) is 23.2 Å². The Labute approximate surface area is 142 Å². The van der Waals surface area contributed by atoms with Gasteiger partial charge in [0.1, 0.15) is 5.54 Å². The summed E-state index contributed by atoms with van der Waals surface area (Å²) >= 11 is 12.2. The predicted octanol–water partition coefficient (Wildman–Crippen LogP) is 4.90. The van der Waals surface area contributed by atoms with Crippen molar-refractivity contribution in [2.45, 2.75) is 43.7 Å². The molecule has 0 amide bonds. The molecule has 4 atom stereocenters. The fourth-order valence-corrected chi connectivity index (χ4v) is 4.45. The Balaban J connectivity index is 0.00000161. The Morgan fingerprint density at radius 2 is 2.05 bits per heavy atom. The summed E-state index contributed by atoms with van der Waals surface area (Å²) in [6, 6.07) is 9.01. The van der Waals surface area contributed by atoms with Crippen LogP contribution in [0.3, 0.4) is 0 Å². The van der Waals surface area contributed by atoms with Crippen molar-refractivity contribution in [1.82, 2.24) is 4.90 Å². The fraction of sp³-hybridized carbons (Fsp3) is 0.562. The van der Waals surface area contributed by atoms with Gasteiger partial charge in [-0.25, -0.2) is 0 Å². The summed E-state index contributed by atoms with van der Waals surface area (Å²) in [6.45, 7) is 2.20. The molecule has 114 valence electrons. The molecular weight excluding hydrogens is 327 g/mol. The summed E-state index contributed by atoms with van der Waals surface area (Å²) in [5.74, 6) is 0.682. The lowest BCUT2D eigenvalue weighted by Crippen LogP contribution is -2.54. The van der Waals surface area contributed by atoms with E-state index >= 15 is 0 Å². The van der Waals surface area contributed by atoms with E-state index in [-0.39, 0.29) is 17.9 Å². The van der Waals surface area contributed by atoms with Crippen LogP contribution in [0.15, 0.2) is 18.2 Å². The number of benzene rings is 1. The first-order valence-electron chi connectivity index (χ1n) is 7.08. The second kappa shape index (κ2) is 5.97. The van der Waals surface area contributed by atoms with Gasteiger partial charge in [0.25, 0.3) is 0 Å². The number of hydrogen-bond donors (Lipinski definition) is 0. The third-order valence-electron chi connectivity index (χ3n) is 5.48. The van der Waals surface area contributed by atoms with Crippen LogP contribution in [-0.4, -0.2) is 23.5 Å². The Hall–Kier alpha value is -0.460. The topological polar surface area (TPSA) is 27.0 Å². The molecule has 0 N–H and O–H groups in total. The lowest BCUT2D eigenvalue weighted by molar-refractivity contribution is 0.0597. The molecular formula is C16H19Cl3N2. The van der Waals surface area contributed by atoms with Crippen molar-refractivity contribution in [3.63, 3.8) is 0 Å². The molecule has 5 heteroatoms. The normalized spacial score (nSPS) is 35.1. The van der Waals surface area contributed by atoms with Gasteiger partial charge in [0.2, 0.25) is 0 Å². The number of nitriles is 1. The molecule has 0 unspecified atom stereocenters. The first-order chi connectivity index (χ1) is 9.49. The minimum absolute atomic E-state index is 0. The largest absolute Gasteiger partial charge is 0.285 e. The average Bonchev–Trinajstić information content (AvgIpc) is 2.67. The second-order valence-corrected chi connectivity index (χ2v) is 6.96. The van der Waals surface area contributed by atoms with Crippen LogP contribution in [0.25, 0.3) is 0 Å². The molecule has 1 aromatic carbocycles. The van der Waals surface area contributed by atoms with Gasteiger partial charge >= 0.3 is 0 Å². The van der Waals surface area contributed by atoms with Crippen molar-refractivity contribution in [2.75, 3.05) is 7.05 Å². The number of rotatable bonds is 1. The third kappa shape index (κ3) is 2.45. The quantitative estimate of drug-likeness (QED) is 0.724. The van der Waals surface area contributed by atoms with Gasteiger partial charge in [0, 0.05) is 6.04 Å². The van der Waals surface area contributed by atoms with Gasteiger partial charge in [0.05, 0.1) is 16.1 Å². The van der Waals surface area contributed by atoms with Crippen molar-refractivity contribution >= 4 is 35.6 Å². The highest BCUT2D eigenvalue weighted by Crippen LogP contribution is 2.52. The van der Waals surface area contributed by atoms with Crippen molar-refractivity contribution in [2.24, 2.45) is 5.92 Å². The van der Waals surface area contributed by atoms with Gasteiger partial charge in [-0.2, -0.15) is 5.26 Å². The zero-order chi connectivity index (χ0) is 14.5. The molecule has 0 aromatic heterocycles. The molecule has 0 radical (unpaired) electrons. The first-order valence-corrected chi connectivity index (χ1v) is 7.84. The summed E-state index contributed by atoms with van der Waals surface area (Å²) in [5.41, 5.74) is 0.895. The zero-order valence-corrected chi connectivity index (χ0v) is 14.5. The lowest BCUT2D eigenvalue weighted by atomic mass is 9.70. The summed E-state index contributed by atoms with van der Waals surface area (Å²) in [4.78, 5) is 2.30. The molecule has 2 fully saturated rings. The number of hydrogen-bond acceptors (Lipinski definition) is 2. The van der Waals surface area contributed by atoms with Gasteiger partial charge in [-0.05, 0) is 55.8 Å². The molecule has 2 nitrogen and oxygen atoms in total. The second-order valence-electron chi connectivity index (χ2n) is 6.14. The number of piperidine rings is 1. The molecule has 21 heavy (non-hydrogen) atoms. The first kappa shape index (κ1) is 16.9. The van der Waals surface area contributed by atoms with Crippen LogP contribution in [0.1, 0.15) is 37.7 Å². The molecule has 3 rings (SSSR count).